The van der Waals surface area contributed by atoms with Crippen molar-refractivity contribution >= 4 is 5.91 Å². The van der Waals surface area contributed by atoms with Crippen LogP contribution in [0.3, 0.4) is 0 Å². The molecule has 1 atom stereocenters. The first-order valence-electron chi connectivity index (χ1n) is 7.18. The zero-order valence-corrected chi connectivity index (χ0v) is 12.6. The molecule has 20 heavy (non-hydrogen) atoms. The smallest absolute Gasteiger partial charge is 0.220 e. The van der Waals surface area contributed by atoms with Gasteiger partial charge in [-0.05, 0) is 38.3 Å². The van der Waals surface area contributed by atoms with Gasteiger partial charge in [-0.3, -0.25) is 4.79 Å². The average molecular weight is 279 g/mol. The minimum Gasteiger partial charge on any atom is -0.494 e. The molecule has 1 aromatic carbocycles. The van der Waals surface area contributed by atoms with E-state index in [0.717, 1.165) is 11.3 Å². The molecule has 0 aliphatic rings. The van der Waals surface area contributed by atoms with Crippen molar-refractivity contribution in [1.82, 2.24) is 5.32 Å². The summed E-state index contributed by atoms with van der Waals surface area (Å²) in [6.07, 6.45) is 1.64. The number of hydrogen-bond acceptors (Lipinski definition) is 3. The van der Waals surface area contributed by atoms with Gasteiger partial charge < -0.3 is 15.2 Å². The molecule has 4 heteroatoms. The third kappa shape index (κ3) is 5.61. The second-order valence-electron chi connectivity index (χ2n) is 5.17. The van der Waals surface area contributed by atoms with Crippen LogP contribution in [-0.4, -0.2) is 29.8 Å². The lowest BCUT2D eigenvalue weighted by Crippen LogP contribution is -2.40. The van der Waals surface area contributed by atoms with E-state index in [1.54, 1.807) is 6.92 Å². The summed E-state index contributed by atoms with van der Waals surface area (Å²) in [6, 6.07) is 7.75. The van der Waals surface area contributed by atoms with Gasteiger partial charge in [-0.25, -0.2) is 0 Å². The molecular formula is C16H25NO3. The molecule has 0 saturated heterocycles. The summed E-state index contributed by atoms with van der Waals surface area (Å²) < 4.78 is 5.53. The van der Waals surface area contributed by atoms with Crippen molar-refractivity contribution in [1.29, 1.82) is 0 Å². The maximum absolute atomic E-state index is 11.8. The molecular weight excluding hydrogens is 254 g/mol. The quantitative estimate of drug-likeness (QED) is 0.767. The Hall–Kier alpha value is -1.55. The monoisotopic (exact) mass is 279 g/mol. The summed E-state index contributed by atoms with van der Waals surface area (Å²) in [5.41, 5.74) is 0.200. The average Bonchev–Trinajstić information content (AvgIpc) is 2.44. The van der Waals surface area contributed by atoms with Gasteiger partial charge in [0.15, 0.2) is 0 Å². The normalized spacial score (nSPS) is 13.6. The van der Waals surface area contributed by atoms with E-state index in [-0.39, 0.29) is 12.5 Å². The Morgan fingerprint density at radius 3 is 2.70 bits per heavy atom. The van der Waals surface area contributed by atoms with E-state index < -0.39 is 5.60 Å². The lowest BCUT2D eigenvalue weighted by Gasteiger charge is -2.21. The summed E-state index contributed by atoms with van der Waals surface area (Å²) in [6.45, 7) is 6.45. The number of benzene rings is 1. The number of ether oxygens (including phenoxy) is 1. The molecule has 0 spiro atoms. The molecule has 0 heterocycles. The van der Waals surface area contributed by atoms with Crippen LogP contribution in [-0.2, 0) is 11.2 Å². The first kappa shape index (κ1) is 16.5. The van der Waals surface area contributed by atoms with E-state index in [9.17, 15) is 9.90 Å². The number of rotatable bonds is 8. The van der Waals surface area contributed by atoms with Crippen molar-refractivity contribution in [2.75, 3.05) is 13.2 Å². The number of aliphatic hydroxyl groups is 1. The molecule has 112 valence electrons. The molecule has 0 saturated carbocycles. The maximum atomic E-state index is 11.8. The van der Waals surface area contributed by atoms with Crippen LogP contribution in [0.25, 0.3) is 0 Å². The highest BCUT2D eigenvalue weighted by atomic mass is 16.5. The number of para-hydroxylation sites is 1. The highest BCUT2D eigenvalue weighted by molar-refractivity contribution is 5.76. The Morgan fingerprint density at radius 1 is 1.35 bits per heavy atom. The molecule has 1 aromatic rings. The van der Waals surface area contributed by atoms with Gasteiger partial charge in [0.1, 0.15) is 5.75 Å². The van der Waals surface area contributed by atoms with E-state index >= 15 is 0 Å². The van der Waals surface area contributed by atoms with Crippen LogP contribution in [0.1, 0.15) is 39.2 Å². The Morgan fingerprint density at radius 2 is 2.05 bits per heavy atom. The number of aryl methyl sites for hydroxylation is 1. The molecule has 4 nitrogen and oxygen atoms in total. The molecule has 1 rings (SSSR count). The molecule has 0 bridgehead atoms. The Bertz CT molecular complexity index is 429. The van der Waals surface area contributed by atoms with E-state index in [1.165, 1.54) is 0 Å². The Kier molecular flexibility index (Phi) is 6.52. The zero-order chi connectivity index (χ0) is 15.0. The van der Waals surface area contributed by atoms with Crippen molar-refractivity contribution in [2.24, 2.45) is 0 Å². The summed E-state index contributed by atoms with van der Waals surface area (Å²) in [7, 11) is 0. The largest absolute Gasteiger partial charge is 0.494 e. The van der Waals surface area contributed by atoms with E-state index in [2.05, 4.69) is 5.32 Å². The van der Waals surface area contributed by atoms with Crippen LogP contribution in [0.5, 0.6) is 5.75 Å². The van der Waals surface area contributed by atoms with Crippen LogP contribution in [0.4, 0.5) is 0 Å². The van der Waals surface area contributed by atoms with Gasteiger partial charge in [-0.15, -0.1) is 0 Å². The molecule has 0 fully saturated rings. The molecule has 0 aliphatic carbocycles. The second kappa shape index (κ2) is 7.90. The predicted molar refractivity (Wildman–Crippen MR) is 79.9 cm³/mol. The van der Waals surface area contributed by atoms with Crippen molar-refractivity contribution in [2.45, 2.75) is 45.6 Å². The molecule has 0 aromatic heterocycles. The fourth-order valence-electron chi connectivity index (χ4n) is 1.76. The first-order valence-corrected chi connectivity index (χ1v) is 7.18. The SMILES string of the molecule is CCOc1ccccc1CCC(=O)NCC(C)(O)CC. The highest BCUT2D eigenvalue weighted by Gasteiger charge is 2.18. The predicted octanol–water partition coefficient (Wildman–Crippen LogP) is 2.30. The minimum absolute atomic E-state index is 0.0509. The lowest BCUT2D eigenvalue weighted by atomic mass is 10.0. The standard InChI is InChI=1S/C16H25NO3/c1-4-16(3,19)12-17-15(18)11-10-13-8-6-7-9-14(13)20-5-2/h6-9,19H,4-5,10-12H2,1-3H3,(H,17,18). The van der Waals surface area contributed by atoms with Crippen molar-refractivity contribution in [3.63, 3.8) is 0 Å². The first-order chi connectivity index (χ1) is 9.48. The number of amides is 1. The highest BCUT2D eigenvalue weighted by Crippen LogP contribution is 2.19. The van der Waals surface area contributed by atoms with E-state index in [4.69, 9.17) is 4.74 Å². The van der Waals surface area contributed by atoms with Gasteiger partial charge in [0.25, 0.3) is 0 Å². The summed E-state index contributed by atoms with van der Waals surface area (Å²) >= 11 is 0. The Labute approximate surface area is 121 Å². The number of carbonyl (C=O) groups is 1. The summed E-state index contributed by atoms with van der Waals surface area (Å²) in [5.74, 6) is 0.786. The van der Waals surface area contributed by atoms with Crippen LogP contribution < -0.4 is 10.1 Å². The zero-order valence-electron chi connectivity index (χ0n) is 12.6. The fourth-order valence-corrected chi connectivity index (χ4v) is 1.76. The van der Waals surface area contributed by atoms with E-state index in [0.29, 0.717) is 25.9 Å². The van der Waals surface area contributed by atoms with Crippen LogP contribution in [0.2, 0.25) is 0 Å². The van der Waals surface area contributed by atoms with Gasteiger partial charge in [0, 0.05) is 13.0 Å². The fraction of sp³-hybridized carbons (Fsp3) is 0.562. The third-order valence-corrected chi connectivity index (χ3v) is 3.32. The maximum Gasteiger partial charge on any atom is 0.220 e. The van der Waals surface area contributed by atoms with E-state index in [1.807, 2.05) is 38.1 Å². The molecule has 0 radical (unpaired) electrons. The topological polar surface area (TPSA) is 58.6 Å². The van der Waals surface area contributed by atoms with Crippen molar-refractivity contribution < 1.29 is 14.6 Å². The molecule has 0 aliphatic heterocycles. The van der Waals surface area contributed by atoms with Crippen LogP contribution >= 0.6 is 0 Å². The molecule has 1 amide bonds. The lowest BCUT2D eigenvalue weighted by molar-refractivity contribution is -0.122. The number of carbonyl (C=O) groups excluding carboxylic acids is 1. The van der Waals surface area contributed by atoms with Gasteiger partial charge >= 0.3 is 0 Å². The van der Waals surface area contributed by atoms with Gasteiger partial charge in [0.05, 0.1) is 12.2 Å². The Balaban J connectivity index is 2.45. The van der Waals surface area contributed by atoms with Gasteiger partial charge in [-0.2, -0.15) is 0 Å². The van der Waals surface area contributed by atoms with Crippen LogP contribution in [0, 0.1) is 0 Å². The molecule has 2 N–H and O–H groups in total. The second-order valence-corrected chi connectivity index (χ2v) is 5.17. The van der Waals surface area contributed by atoms with Gasteiger partial charge in [-0.1, -0.05) is 25.1 Å². The van der Waals surface area contributed by atoms with Gasteiger partial charge in [0.2, 0.25) is 5.91 Å². The molecule has 1 unspecified atom stereocenters. The number of hydrogen-bond donors (Lipinski definition) is 2. The van der Waals surface area contributed by atoms with Crippen molar-refractivity contribution in [3.8, 4) is 5.75 Å². The van der Waals surface area contributed by atoms with Crippen molar-refractivity contribution in [3.05, 3.63) is 29.8 Å². The minimum atomic E-state index is -0.834. The number of nitrogens with one attached hydrogen (secondary N) is 1. The summed E-state index contributed by atoms with van der Waals surface area (Å²) in [4.78, 5) is 11.8. The third-order valence-electron chi connectivity index (χ3n) is 3.32. The van der Waals surface area contributed by atoms with Crippen LogP contribution in [0.15, 0.2) is 24.3 Å². The summed E-state index contributed by atoms with van der Waals surface area (Å²) in [5, 5.41) is 12.6.